The molecule has 1 aliphatic rings. The molecule has 2 heterocycles. The van der Waals surface area contributed by atoms with Crippen LogP contribution in [-0.2, 0) is 10.0 Å². The van der Waals surface area contributed by atoms with Crippen LogP contribution in [0.25, 0.3) is 22.2 Å². The van der Waals surface area contributed by atoms with Gasteiger partial charge < -0.3 is 10.3 Å². The highest BCUT2D eigenvalue weighted by atomic mass is 35.5. The lowest BCUT2D eigenvalue weighted by molar-refractivity contribution is 0.532. The summed E-state index contributed by atoms with van der Waals surface area (Å²) in [6, 6.07) is 9.41. The summed E-state index contributed by atoms with van der Waals surface area (Å²) in [7, 11) is -4.09. The number of halogens is 2. The van der Waals surface area contributed by atoms with Gasteiger partial charge in [-0.2, -0.15) is 0 Å². The molecular formula is C24H23ClFN5O2S. The van der Waals surface area contributed by atoms with Crippen LogP contribution in [0.1, 0.15) is 37.3 Å². The minimum absolute atomic E-state index is 0.0692. The molecule has 0 spiro atoms. The number of rotatable bonds is 5. The molecule has 0 aliphatic heterocycles. The number of benzene rings is 2. The molecule has 7 nitrogen and oxygen atoms in total. The van der Waals surface area contributed by atoms with Crippen molar-refractivity contribution in [3.63, 3.8) is 0 Å². The predicted octanol–water partition coefficient (Wildman–Crippen LogP) is 5.70. The first-order valence-electron chi connectivity index (χ1n) is 10.9. The van der Waals surface area contributed by atoms with Gasteiger partial charge >= 0.3 is 0 Å². The van der Waals surface area contributed by atoms with Crippen molar-refractivity contribution in [2.24, 2.45) is 0 Å². The van der Waals surface area contributed by atoms with Gasteiger partial charge in [0.1, 0.15) is 28.5 Å². The van der Waals surface area contributed by atoms with E-state index in [2.05, 4.69) is 19.3 Å². The third kappa shape index (κ3) is 3.88. The zero-order valence-corrected chi connectivity index (χ0v) is 20.0. The fourth-order valence-corrected chi connectivity index (χ4v) is 6.61. The standard InChI is InChI=1S/C24H23ClFN5O2S/c1-14-5-4-8-18(25)22(14)34(32,33)30-20-10-9-15(11-19(20)26)17-12-31(16-6-2-3-7-16)24-21(17)23(27)28-13-29-24/h4-5,8-13,16,30H,2-3,6-7H2,1H3,(H2,27,28,29). The Hall–Kier alpha value is -3.17. The summed E-state index contributed by atoms with van der Waals surface area (Å²) in [6.07, 6.45) is 7.76. The highest BCUT2D eigenvalue weighted by Gasteiger charge is 2.25. The van der Waals surface area contributed by atoms with E-state index < -0.39 is 15.8 Å². The number of anilines is 2. The van der Waals surface area contributed by atoms with E-state index in [4.69, 9.17) is 17.3 Å². The van der Waals surface area contributed by atoms with Crippen LogP contribution in [0.4, 0.5) is 15.9 Å². The second-order valence-electron chi connectivity index (χ2n) is 8.53. The number of hydrogen-bond acceptors (Lipinski definition) is 5. The van der Waals surface area contributed by atoms with E-state index in [1.165, 1.54) is 24.5 Å². The third-order valence-corrected chi connectivity index (χ3v) is 8.31. The van der Waals surface area contributed by atoms with Crippen molar-refractivity contribution in [2.45, 2.75) is 43.5 Å². The van der Waals surface area contributed by atoms with Gasteiger partial charge in [-0.1, -0.05) is 42.6 Å². The molecule has 0 amide bonds. The molecule has 1 fully saturated rings. The van der Waals surface area contributed by atoms with Crippen LogP contribution in [0.3, 0.4) is 0 Å². The van der Waals surface area contributed by atoms with Gasteiger partial charge in [-0.05, 0) is 49.1 Å². The van der Waals surface area contributed by atoms with Gasteiger partial charge in [0.05, 0.1) is 16.1 Å². The molecule has 10 heteroatoms. The maximum atomic E-state index is 15.2. The first kappa shape index (κ1) is 22.6. The molecule has 0 radical (unpaired) electrons. The Morgan fingerprint density at radius 2 is 1.94 bits per heavy atom. The summed E-state index contributed by atoms with van der Waals surface area (Å²) in [5.41, 5.74) is 8.45. The van der Waals surface area contributed by atoms with Crippen molar-refractivity contribution < 1.29 is 12.8 Å². The lowest BCUT2D eigenvalue weighted by atomic mass is 10.1. The van der Waals surface area contributed by atoms with Gasteiger partial charge in [0.25, 0.3) is 10.0 Å². The van der Waals surface area contributed by atoms with Crippen LogP contribution >= 0.6 is 11.6 Å². The van der Waals surface area contributed by atoms with Crippen molar-refractivity contribution in [1.82, 2.24) is 14.5 Å². The van der Waals surface area contributed by atoms with Gasteiger partial charge in [0.2, 0.25) is 0 Å². The number of nitrogen functional groups attached to an aromatic ring is 1. The van der Waals surface area contributed by atoms with E-state index in [-0.39, 0.29) is 15.6 Å². The highest BCUT2D eigenvalue weighted by molar-refractivity contribution is 7.92. The lowest BCUT2D eigenvalue weighted by Gasteiger charge is -2.13. The summed E-state index contributed by atoms with van der Waals surface area (Å²) in [5, 5.41) is 0.730. The Balaban J connectivity index is 1.55. The molecule has 2 aromatic heterocycles. The summed E-state index contributed by atoms with van der Waals surface area (Å²) >= 11 is 6.11. The summed E-state index contributed by atoms with van der Waals surface area (Å²) in [5.74, 6) is -0.404. The molecule has 4 aromatic rings. The topological polar surface area (TPSA) is 103 Å². The minimum atomic E-state index is -4.09. The largest absolute Gasteiger partial charge is 0.383 e. The van der Waals surface area contributed by atoms with E-state index >= 15 is 4.39 Å². The van der Waals surface area contributed by atoms with Gasteiger partial charge in [-0.25, -0.2) is 22.8 Å². The van der Waals surface area contributed by atoms with Crippen LogP contribution in [0.15, 0.2) is 53.8 Å². The van der Waals surface area contributed by atoms with Crippen molar-refractivity contribution in [1.29, 1.82) is 0 Å². The number of aryl methyl sites for hydroxylation is 1. The molecule has 1 saturated carbocycles. The number of nitrogens with two attached hydrogens (primary N) is 1. The number of fused-ring (bicyclic) bond motifs is 1. The van der Waals surface area contributed by atoms with Crippen molar-refractivity contribution >= 4 is 44.2 Å². The quantitative estimate of drug-likeness (QED) is 0.367. The number of hydrogen-bond donors (Lipinski definition) is 2. The molecule has 0 bridgehead atoms. The average Bonchev–Trinajstić information content (AvgIpc) is 3.43. The van der Waals surface area contributed by atoms with Crippen LogP contribution in [0.2, 0.25) is 5.02 Å². The number of nitrogens with zero attached hydrogens (tertiary/aromatic N) is 3. The third-order valence-electron chi connectivity index (χ3n) is 6.31. The average molecular weight is 500 g/mol. The van der Waals surface area contributed by atoms with Crippen molar-refractivity contribution in [3.05, 3.63) is 65.3 Å². The summed E-state index contributed by atoms with van der Waals surface area (Å²) in [6.45, 7) is 1.63. The Kier molecular flexibility index (Phi) is 5.69. The number of nitrogens with one attached hydrogen (secondary N) is 1. The smallest absolute Gasteiger partial charge is 0.263 e. The van der Waals surface area contributed by atoms with Gasteiger partial charge in [0, 0.05) is 17.8 Å². The summed E-state index contributed by atoms with van der Waals surface area (Å²) < 4.78 is 45.4. The van der Waals surface area contributed by atoms with Crippen LogP contribution in [0.5, 0.6) is 0 Å². The first-order chi connectivity index (χ1) is 16.3. The second kappa shape index (κ2) is 8.56. The van der Waals surface area contributed by atoms with Crippen molar-refractivity contribution in [2.75, 3.05) is 10.5 Å². The van der Waals surface area contributed by atoms with Gasteiger partial charge in [-0.3, -0.25) is 4.72 Å². The second-order valence-corrected chi connectivity index (χ2v) is 10.6. The minimum Gasteiger partial charge on any atom is -0.383 e. The monoisotopic (exact) mass is 499 g/mol. The van der Waals surface area contributed by atoms with Crippen LogP contribution in [-0.4, -0.2) is 23.0 Å². The SMILES string of the molecule is Cc1cccc(Cl)c1S(=O)(=O)Nc1ccc(-c2cn(C3CCCC3)c3ncnc(N)c23)cc1F. The lowest BCUT2D eigenvalue weighted by Crippen LogP contribution is -2.15. The van der Waals surface area contributed by atoms with Crippen LogP contribution in [0, 0.1) is 12.7 Å². The molecular weight excluding hydrogens is 477 g/mol. The first-order valence-corrected chi connectivity index (χ1v) is 12.8. The summed E-state index contributed by atoms with van der Waals surface area (Å²) in [4.78, 5) is 8.49. The molecule has 5 rings (SSSR count). The molecule has 0 atom stereocenters. The Morgan fingerprint density at radius 3 is 2.65 bits per heavy atom. The maximum absolute atomic E-state index is 15.2. The molecule has 34 heavy (non-hydrogen) atoms. The van der Waals surface area contributed by atoms with E-state index in [9.17, 15) is 8.42 Å². The Morgan fingerprint density at radius 1 is 1.18 bits per heavy atom. The van der Waals surface area contributed by atoms with Crippen molar-refractivity contribution in [3.8, 4) is 11.1 Å². The van der Waals surface area contributed by atoms with E-state index in [0.29, 0.717) is 39.6 Å². The zero-order valence-electron chi connectivity index (χ0n) is 18.4. The fourth-order valence-electron chi connectivity index (χ4n) is 4.71. The Bertz CT molecular complexity index is 1490. The highest BCUT2D eigenvalue weighted by Crippen LogP contribution is 2.39. The molecule has 0 unspecified atom stereocenters. The van der Waals surface area contributed by atoms with E-state index in [1.807, 2.05) is 6.20 Å². The maximum Gasteiger partial charge on any atom is 0.263 e. The molecule has 0 saturated heterocycles. The zero-order chi connectivity index (χ0) is 24.0. The Labute approximate surface area is 201 Å². The van der Waals surface area contributed by atoms with E-state index in [1.54, 1.807) is 25.1 Å². The molecule has 176 valence electrons. The molecule has 1 aliphatic carbocycles. The number of aromatic nitrogens is 3. The van der Waals surface area contributed by atoms with Gasteiger partial charge in [0.15, 0.2) is 0 Å². The normalized spacial score (nSPS) is 14.7. The molecule has 2 aromatic carbocycles. The number of sulfonamides is 1. The van der Waals surface area contributed by atoms with Gasteiger partial charge in [-0.15, -0.1) is 0 Å². The fraction of sp³-hybridized carbons (Fsp3) is 0.250. The van der Waals surface area contributed by atoms with Crippen LogP contribution < -0.4 is 10.5 Å². The predicted molar refractivity (Wildman–Crippen MR) is 132 cm³/mol. The molecule has 3 N–H and O–H groups in total. The van der Waals surface area contributed by atoms with E-state index in [0.717, 1.165) is 25.7 Å².